The molecule has 0 aliphatic carbocycles. The van der Waals surface area contributed by atoms with Gasteiger partial charge in [-0.3, -0.25) is 4.79 Å². The van der Waals surface area contributed by atoms with Crippen molar-refractivity contribution in [3.63, 3.8) is 0 Å². The smallest absolute Gasteiger partial charge is 0.256 e. The Morgan fingerprint density at radius 3 is 2.24 bits per heavy atom. The molecule has 1 N–H and O–H groups in total. The molecule has 0 aliphatic heterocycles. The summed E-state index contributed by atoms with van der Waals surface area (Å²) in [4.78, 5) is 12.8. The number of amides is 1. The molecule has 2 aromatic carbocycles. The largest absolute Gasteiger partial charge is 0.320 e. The summed E-state index contributed by atoms with van der Waals surface area (Å²) >= 11 is 6.23. The van der Waals surface area contributed by atoms with E-state index in [1.807, 2.05) is 19.9 Å². The van der Waals surface area contributed by atoms with Gasteiger partial charge >= 0.3 is 0 Å². The van der Waals surface area contributed by atoms with Crippen LogP contribution in [0.5, 0.6) is 0 Å². The van der Waals surface area contributed by atoms with Gasteiger partial charge < -0.3 is 5.32 Å². The Hall–Kier alpha value is -1.89. The van der Waals surface area contributed by atoms with Gasteiger partial charge in [-0.25, -0.2) is 12.7 Å². The average Bonchev–Trinajstić information content (AvgIpc) is 2.50. The maximum absolute atomic E-state index is 12.7. The maximum Gasteiger partial charge on any atom is 0.256 e. The molecule has 0 saturated heterocycles. The van der Waals surface area contributed by atoms with E-state index in [2.05, 4.69) is 5.32 Å². The van der Waals surface area contributed by atoms with Gasteiger partial charge in [0.15, 0.2) is 0 Å². The molecule has 2 rings (SSSR count). The minimum Gasteiger partial charge on any atom is -0.320 e. The van der Waals surface area contributed by atoms with Crippen molar-refractivity contribution in [1.82, 2.24) is 4.31 Å². The van der Waals surface area contributed by atoms with Gasteiger partial charge in [0.2, 0.25) is 10.0 Å². The second-order valence-corrected chi connectivity index (χ2v) is 8.72. The lowest BCUT2D eigenvalue weighted by Crippen LogP contribution is -2.23. The topological polar surface area (TPSA) is 66.5 Å². The van der Waals surface area contributed by atoms with Crippen LogP contribution in [0.25, 0.3) is 0 Å². The number of halogens is 1. The molecular weight excluding hydrogens is 360 g/mol. The van der Waals surface area contributed by atoms with Crippen LogP contribution in [-0.2, 0) is 10.0 Å². The first-order chi connectivity index (χ1) is 11.5. The minimum atomic E-state index is -3.62. The molecule has 0 aliphatic rings. The summed E-state index contributed by atoms with van der Waals surface area (Å²) in [6, 6.07) is 8.18. The van der Waals surface area contributed by atoms with Crippen LogP contribution in [0.15, 0.2) is 35.2 Å². The zero-order valence-corrected chi connectivity index (χ0v) is 16.4. The highest BCUT2D eigenvalue weighted by Crippen LogP contribution is 2.28. The van der Waals surface area contributed by atoms with Crippen LogP contribution < -0.4 is 5.32 Å². The molecular formula is C18H21ClN2O3S. The van der Waals surface area contributed by atoms with Crippen LogP contribution in [0, 0.1) is 20.8 Å². The van der Waals surface area contributed by atoms with Crippen molar-refractivity contribution in [3.8, 4) is 0 Å². The first-order valence-corrected chi connectivity index (χ1v) is 9.47. The molecule has 0 radical (unpaired) electrons. The molecule has 25 heavy (non-hydrogen) atoms. The van der Waals surface area contributed by atoms with Crippen molar-refractivity contribution >= 4 is 33.2 Å². The van der Waals surface area contributed by atoms with E-state index in [4.69, 9.17) is 11.6 Å². The summed E-state index contributed by atoms with van der Waals surface area (Å²) in [6.07, 6.45) is 0. The summed E-state index contributed by atoms with van der Waals surface area (Å²) in [7, 11) is -0.720. The van der Waals surface area contributed by atoms with Gasteiger partial charge in [0.05, 0.1) is 15.6 Å². The molecule has 0 bridgehead atoms. The number of nitrogens with one attached hydrogen (secondary N) is 1. The minimum absolute atomic E-state index is 0.0694. The Labute approximate surface area is 153 Å². The highest BCUT2D eigenvalue weighted by Gasteiger charge is 2.21. The molecule has 1 amide bonds. The first kappa shape index (κ1) is 19.4. The van der Waals surface area contributed by atoms with Gasteiger partial charge in [0.1, 0.15) is 0 Å². The summed E-state index contributed by atoms with van der Waals surface area (Å²) in [6.45, 7) is 5.53. The number of sulfonamides is 1. The molecule has 0 spiro atoms. The second-order valence-electron chi connectivity index (χ2n) is 6.16. The predicted octanol–water partition coefficient (Wildman–Crippen LogP) is 3.77. The number of hydrogen-bond donors (Lipinski definition) is 1. The Morgan fingerprint density at radius 1 is 1.04 bits per heavy atom. The number of carbonyl (C=O) groups is 1. The highest BCUT2D eigenvalue weighted by molar-refractivity contribution is 7.89. The van der Waals surface area contributed by atoms with E-state index in [9.17, 15) is 13.2 Å². The fourth-order valence-corrected chi connectivity index (χ4v) is 3.77. The van der Waals surface area contributed by atoms with E-state index in [1.165, 1.54) is 26.2 Å². The zero-order chi connectivity index (χ0) is 18.9. The third-order valence-electron chi connectivity index (χ3n) is 3.90. The standard InChI is InChI=1S/C18H21ClN2O3S/c1-11-8-13(3)17(16(19)9-11)20-18(22)15-10-14(7-6-12(15)2)25(23,24)21(4)5/h6-10H,1-5H3,(H,20,22). The van der Waals surface area contributed by atoms with Crippen LogP contribution in [0.3, 0.4) is 0 Å². The Balaban J connectivity index is 2.44. The van der Waals surface area contributed by atoms with Gasteiger partial charge in [-0.15, -0.1) is 0 Å². The molecule has 0 unspecified atom stereocenters. The maximum atomic E-state index is 12.7. The molecule has 2 aromatic rings. The lowest BCUT2D eigenvalue weighted by atomic mass is 10.1. The van der Waals surface area contributed by atoms with Crippen molar-refractivity contribution in [1.29, 1.82) is 0 Å². The average molecular weight is 381 g/mol. The van der Waals surface area contributed by atoms with E-state index in [1.54, 1.807) is 19.1 Å². The number of anilines is 1. The molecule has 5 nitrogen and oxygen atoms in total. The molecule has 134 valence electrons. The summed E-state index contributed by atoms with van der Waals surface area (Å²) in [5, 5.41) is 3.24. The van der Waals surface area contributed by atoms with Crippen LogP contribution in [0.4, 0.5) is 5.69 Å². The molecule has 0 fully saturated rings. The molecule has 0 heterocycles. The summed E-state index contributed by atoms with van der Waals surface area (Å²) < 4.78 is 25.7. The van der Waals surface area contributed by atoms with Crippen molar-refractivity contribution in [3.05, 3.63) is 57.6 Å². The third-order valence-corrected chi connectivity index (χ3v) is 6.01. The van der Waals surface area contributed by atoms with Gasteiger partial charge in [0, 0.05) is 19.7 Å². The van der Waals surface area contributed by atoms with Crippen molar-refractivity contribution in [2.24, 2.45) is 0 Å². The lowest BCUT2D eigenvalue weighted by molar-refractivity contribution is 0.102. The van der Waals surface area contributed by atoms with Crippen LogP contribution in [0.1, 0.15) is 27.0 Å². The summed E-state index contributed by atoms with van der Waals surface area (Å²) in [5.74, 6) is -0.401. The highest BCUT2D eigenvalue weighted by atomic mass is 35.5. The van der Waals surface area contributed by atoms with Crippen LogP contribution in [0.2, 0.25) is 5.02 Å². The van der Waals surface area contributed by atoms with E-state index >= 15 is 0 Å². The van der Waals surface area contributed by atoms with E-state index in [0.717, 1.165) is 15.4 Å². The zero-order valence-electron chi connectivity index (χ0n) is 14.8. The molecule has 0 saturated carbocycles. The number of carbonyl (C=O) groups excluding carboxylic acids is 1. The number of aryl methyl sites for hydroxylation is 3. The van der Waals surface area contributed by atoms with Crippen LogP contribution in [-0.4, -0.2) is 32.7 Å². The molecule has 0 atom stereocenters. The number of nitrogens with zero attached hydrogens (tertiary/aromatic N) is 1. The normalized spacial score (nSPS) is 11.6. The Kier molecular flexibility index (Phi) is 5.56. The lowest BCUT2D eigenvalue weighted by Gasteiger charge is -2.15. The van der Waals surface area contributed by atoms with Crippen LogP contribution >= 0.6 is 11.6 Å². The second kappa shape index (κ2) is 7.15. The SMILES string of the molecule is Cc1cc(C)c(NC(=O)c2cc(S(=O)(=O)N(C)C)ccc2C)c(Cl)c1. The fourth-order valence-electron chi connectivity index (χ4n) is 2.47. The molecule has 0 aromatic heterocycles. The fraction of sp³-hybridized carbons (Fsp3) is 0.278. The van der Waals surface area contributed by atoms with Gasteiger partial charge in [-0.2, -0.15) is 0 Å². The number of rotatable bonds is 4. The Bertz CT molecular complexity index is 914. The summed E-state index contributed by atoms with van der Waals surface area (Å²) in [5.41, 5.74) is 3.33. The van der Waals surface area contributed by atoms with Gasteiger partial charge in [0.25, 0.3) is 5.91 Å². The Morgan fingerprint density at radius 2 is 1.68 bits per heavy atom. The quantitative estimate of drug-likeness (QED) is 0.877. The van der Waals surface area contributed by atoms with Gasteiger partial charge in [-0.1, -0.05) is 23.7 Å². The third kappa shape index (κ3) is 4.03. The molecule has 7 heteroatoms. The van der Waals surface area contributed by atoms with Crippen molar-refractivity contribution in [2.45, 2.75) is 25.7 Å². The number of hydrogen-bond acceptors (Lipinski definition) is 3. The van der Waals surface area contributed by atoms with E-state index < -0.39 is 15.9 Å². The van der Waals surface area contributed by atoms with Crippen molar-refractivity contribution < 1.29 is 13.2 Å². The van der Waals surface area contributed by atoms with Crippen molar-refractivity contribution in [2.75, 3.05) is 19.4 Å². The van der Waals surface area contributed by atoms with E-state index in [0.29, 0.717) is 21.8 Å². The number of benzene rings is 2. The van der Waals surface area contributed by atoms with E-state index in [-0.39, 0.29) is 4.90 Å². The predicted molar refractivity (Wildman–Crippen MR) is 101 cm³/mol. The monoisotopic (exact) mass is 380 g/mol. The van der Waals surface area contributed by atoms with Gasteiger partial charge in [-0.05, 0) is 55.7 Å². The first-order valence-electron chi connectivity index (χ1n) is 7.65.